The SMILES string of the molecule is O=C(/C=C/c1ccc([N+](=O)[O-])cc1)NC(=S)Nc1nccs1. The minimum absolute atomic E-state index is 0.00423. The smallest absolute Gasteiger partial charge is 0.269 e. The summed E-state index contributed by atoms with van der Waals surface area (Å²) in [5, 5.41) is 18.3. The van der Waals surface area contributed by atoms with Crippen molar-refractivity contribution in [3.63, 3.8) is 0 Å². The fourth-order valence-corrected chi connectivity index (χ4v) is 2.24. The lowest BCUT2D eigenvalue weighted by molar-refractivity contribution is -0.384. The number of nitro benzene ring substituents is 1. The van der Waals surface area contributed by atoms with Gasteiger partial charge in [0.15, 0.2) is 10.2 Å². The van der Waals surface area contributed by atoms with Gasteiger partial charge in [0, 0.05) is 29.8 Å². The average Bonchev–Trinajstić information content (AvgIpc) is 2.98. The third-order valence-corrected chi connectivity index (χ3v) is 3.31. The molecule has 2 N–H and O–H groups in total. The maximum Gasteiger partial charge on any atom is 0.269 e. The van der Waals surface area contributed by atoms with Gasteiger partial charge in [0.1, 0.15) is 0 Å². The zero-order valence-corrected chi connectivity index (χ0v) is 12.7. The largest absolute Gasteiger partial charge is 0.308 e. The normalized spacial score (nSPS) is 10.4. The predicted molar refractivity (Wildman–Crippen MR) is 88.6 cm³/mol. The third-order valence-electron chi connectivity index (χ3n) is 2.42. The Kier molecular flexibility index (Phi) is 5.28. The Hall–Kier alpha value is -2.65. The van der Waals surface area contributed by atoms with E-state index >= 15 is 0 Å². The molecule has 0 aliphatic carbocycles. The van der Waals surface area contributed by atoms with Crippen LogP contribution < -0.4 is 10.6 Å². The highest BCUT2D eigenvalue weighted by Gasteiger charge is 2.04. The molecule has 0 unspecified atom stereocenters. The Labute approximate surface area is 134 Å². The molecule has 1 aromatic heterocycles. The molecular formula is C13H10N4O3S2. The number of thiocarbonyl (C=S) groups is 1. The molecule has 9 heteroatoms. The van der Waals surface area contributed by atoms with Gasteiger partial charge in [-0.15, -0.1) is 11.3 Å². The summed E-state index contributed by atoms with van der Waals surface area (Å²) in [4.78, 5) is 25.7. The van der Waals surface area contributed by atoms with Gasteiger partial charge in [-0.25, -0.2) is 4.98 Å². The number of nitro groups is 1. The monoisotopic (exact) mass is 334 g/mol. The molecule has 0 aliphatic rings. The Morgan fingerprint density at radius 1 is 1.36 bits per heavy atom. The van der Waals surface area contributed by atoms with Crippen molar-refractivity contribution in [2.24, 2.45) is 0 Å². The van der Waals surface area contributed by atoms with E-state index in [1.807, 2.05) is 0 Å². The van der Waals surface area contributed by atoms with E-state index in [4.69, 9.17) is 12.2 Å². The molecule has 0 radical (unpaired) electrons. The second-order valence-electron chi connectivity index (χ2n) is 3.96. The standard InChI is InChI=1S/C13H10N4O3S2/c18-11(15-12(21)16-13-14-7-8-22-13)6-3-9-1-4-10(5-2-9)17(19)20/h1-8H,(H2,14,15,16,18,21)/b6-3+. The number of benzene rings is 1. The second-order valence-corrected chi connectivity index (χ2v) is 5.27. The maximum absolute atomic E-state index is 11.7. The molecule has 0 saturated carbocycles. The van der Waals surface area contributed by atoms with E-state index in [1.165, 1.54) is 35.6 Å². The summed E-state index contributed by atoms with van der Waals surface area (Å²) >= 11 is 6.33. The number of anilines is 1. The van der Waals surface area contributed by atoms with Gasteiger partial charge in [-0.1, -0.05) is 0 Å². The summed E-state index contributed by atoms with van der Waals surface area (Å²) in [7, 11) is 0. The van der Waals surface area contributed by atoms with Crippen LogP contribution in [0.5, 0.6) is 0 Å². The van der Waals surface area contributed by atoms with E-state index in [9.17, 15) is 14.9 Å². The molecule has 0 spiro atoms. The van der Waals surface area contributed by atoms with Gasteiger partial charge in [0.2, 0.25) is 5.91 Å². The summed E-state index contributed by atoms with van der Waals surface area (Å²) in [6.07, 6.45) is 4.44. The molecule has 0 aliphatic heterocycles. The summed E-state index contributed by atoms with van der Waals surface area (Å²) in [6, 6.07) is 5.83. The Morgan fingerprint density at radius 2 is 2.09 bits per heavy atom. The lowest BCUT2D eigenvalue weighted by Crippen LogP contribution is -2.32. The molecular weight excluding hydrogens is 324 g/mol. The number of thiazole rings is 1. The maximum atomic E-state index is 11.7. The number of non-ortho nitro benzene ring substituents is 1. The van der Waals surface area contributed by atoms with Gasteiger partial charge in [-0.05, 0) is 36.0 Å². The van der Waals surface area contributed by atoms with Crippen molar-refractivity contribution in [3.8, 4) is 0 Å². The first kappa shape index (κ1) is 15.7. The molecule has 7 nitrogen and oxygen atoms in total. The second kappa shape index (κ2) is 7.38. The minimum atomic E-state index is -0.483. The van der Waals surface area contributed by atoms with Gasteiger partial charge in [-0.3, -0.25) is 20.2 Å². The van der Waals surface area contributed by atoms with E-state index in [0.717, 1.165) is 0 Å². The van der Waals surface area contributed by atoms with E-state index in [2.05, 4.69) is 15.6 Å². The van der Waals surface area contributed by atoms with Crippen LogP contribution in [-0.2, 0) is 4.79 Å². The van der Waals surface area contributed by atoms with Crippen molar-refractivity contribution < 1.29 is 9.72 Å². The van der Waals surface area contributed by atoms with Crippen LogP contribution in [0.4, 0.5) is 10.8 Å². The number of carbonyl (C=O) groups excluding carboxylic acids is 1. The molecule has 22 heavy (non-hydrogen) atoms. The van der Waals surface area contributed by atoms with Crippen molar-refractivity contribution in [2.75, 3.05) is 5.32 Å². The van der Waals surface area contributed by atoms with Crippen LogP contribution in [0.2, 0.25) is 0 Å². The topological polar surface area (TPSA) is 97.2 Å². The van der Waals surface area contributed by atoms with Crippen LogP contribution >= 0.6 is 23.6 Å². The highest BCUT2D eigenvalue weighted by Crippen LogP contribution is 2.13. The number of nitrogens with zero attached hydrogens (tertiary/aromatic N) is 2. The summed E-state index contributed by atoms with van der Waals surface area (Å²) in [6.45, 7) is 0. The van der Waals surface area contributed by atoms with Crippen molar-refractivity contribution in [2.45, 2.75) is 0 Å². The Bertz CT molecular complexity index is 711. The predicted octanol–water partition coefficient (Wildman–Crippen LogP) is 2.58. The van der Waals surface area contributed by atoms with Crippen molar-refractivity contribution in [1.82, 2.24) is 10.3 Å². The third kappa shape index (κ3) is 4.72. The first-order valence-electron chi connectivity index (χ1n) is 5.98. The number of rotatable bonds is 4. The van der Waals surface area contributed by atoms with Crippen molar-refractivity contribution >= 4 is 51.5 Å². The summed E-state index contributed by atoms with van der Waals surface area (Å²) in [5.41, 5.74) is 0.662. The van der Waals surface area contributed by atoms with E-state index in [1.54, 1.807) is 23.7 Å². The highest BCUT2D eigenvalue weighted by molar-refractivity contribution is 7.80. The quantitative estimate of drug-likeness (QED) is 0.386. The Balaban J connectivity index is 1.88. The molecule has 0 bridgehead atoms. The number of aromatic nitrogens is 1. The van der Waals surface area contributed by atoms with Crippen molar-refractivity contribution in [3.05, 3.63) is 57.6 Å². The molecule has 112 valence electrons. The van der Waals surface area contributed by atoms with Gasteiger partial charge in [0.05, 0.1) is 4.92 Å². The zero-order valence-electron chi connectivity index (χ0n) is 11.1. The molecule has 0 fully saturated rings. The first-order valence-corrected chi connectivity index (χ1v) is 7.27. The lowest BCUT2D eigenvalue weighted by Gasteiger charge is -2.04. The number of amides is 1. The molecule has 1 amide bonds. The van der Waals surface area contributed by atoms with Crippen LogP contribution in [0.1, 0.15) is 5.56 Å². The van der Waals surface area contributed by atoms with E-state index in [-0.39, 0.29) is 10.8 Å². The molecule has 2 aromatic rings. The van der Waals surface area contributed by atoms with Gasteiger partial charge in [0.25, 0.3) is 5.69 Å². The van der Waals surface area contributed by atoms with Crippen molar-refractivity contribution in [1.29, 1.82) is 0 Å². The zero-order chi connectivity index (χ0) is 15.9. The fourth-order valence-electron chi connectivity index (χ4n) is 1.45. The van der Waals surface area contributed by atoms with Crippen LogP contribution in [0, 0.1) is 10.1 Å². The highest BCUT2D eigenvalue weighted by atomic mass is 32.1. The molecule has 0 saturated heterocycles. The summed E-state index contributed by atoms with van der Waals surface area (Å²) in [5.74, 6) is -0.410. The van der Waals surface area contributed by atoms with Gasteiger partial charge >= 0.3 is 0 Å². The number of hydrogen-bond donors (Lipinski definition) is 2. The van der Waals surface area contributed by atoms with Crippen LogP contribution in [0.3, 0.4) is 0 Å². The number of nitrogens with one attached hydrogen (secondary N) is 2. The Morgan fingerprint density at radius 3 is 2.68 bits per heavy atom. The van der Waals surface area contributed by atoms with Gasteiger partial charge < -0.3 is 5.32 Å². The van der Waals surface area contributed by atoms with Crippen LogP contribution in [0.15, 0.2) is 41.9 Å². The van der Waals surface area contributed by atoms with Crippen LogP contribution in [0.25, 0.3) is 6.08 Å². The number of carbonyl (C=O) groups is 1. The van der Waals surface area contributed by atoms with E-state index < -0.39 is 10.8 Å². The van der Waals surface area contributed by atoms with E-state index in [0.29, 0.717) is 10.7 Å². The lowest BCUT2D eigenvalue weighted by atomic mass is 10.2. The first-order chi connectivity index (χ1) is 10.5. The molecule has 1 aromatic carbocycles. The fraction of sp³-hybridized carbons (Fsp3) is 0. The summed E-state index contributed by atoms with van der Waals surface area (Å²) < 4.78 is 0. The molecule has 2 rings (SSSR count). The molecule has 0 atom stereocenters. The molecule has 1 heterocycles. The van der Waals surface area contributed by atoms with Crippen LogP contribution in [-0.4, -0.2) is 20.9 Å². The van der Waals surface area contributed by atoms with Gasteiger partial charge in [-0.2, -0.15) is 0 Å². The minimum Gasteiger partial charge on any atom is -0.308 e. The average molecular weight is 334 g/mol. The number of hydrogen-bond acceptors (Lipinski definition) is 6.